The lowest BCUT2D eigenvalue weighted by atomic mass is 9.64. The van der Waals surface area contributed by atoms with Crippen LogP contribution in [0.3, 0.4) is 0 Å². The molecular formula is C22H26B2O2S2. The van der Waals surface area contributed by atoms with Crippen LogP contribution in [0.25, 0.3) is 0 Å². The number of hydrogen-bond acceptors (Lipinski definition) is 3. The van der Waals surface area contributed by atoms with E-state index in [0.717, 1.165) is 23.7 Å². The lowest BCUT2D eigenvalue weighted by molar-refractivity contribution is -0.137. The van der Waals surface area contributed by atoms with Crippen LogP contribution < -0.4 is 0 Å². The van der Waals surface area contributed by atoms with E-state index in [9.17, 15) is 4.79 Å². The van der Waals surface area contributed by atoms with Crippen LogP contribution >= 0.6 is 23.5 Å². The Labute approximate surface area is 180 Å². The summed E-state index contributed by atoms with van der Waals surface area (Å²) in [6.45, 7) is 0. The molecule has 2 aromatic rings. The van der Waals surface area contributed by atoms with Gasteiger partial charge < -0.3 is 5.11 Å². The number of aliphatic carboxylic acids is 1. The van der Waals surface area contributed by atoms with Gasteiger partial charge in [-0.25, -0.2) is 0 Å². The van der Waals surface area contributed by atoms with Gasteiger partial charge in [-0.15, -0.1) is 0 Å². The number of thioether (sulfide) groups is 2. The summed E-state index contributed by atoms with van der Waals surface area (Å²) >= 11 is 3.48. The lowest BCUT2D eigenvalue weighted by Crippen LogP contribution is -2.33. The molecule has 2 unspecified atom stereocenters. The Hall–Kier alpha value is -1.26. The average molecular weight is 408 g/mol. The number of carboxylic acid groups (broad SMARTS) is 1. The van der Waals surface area contributed by atoms with Gasteiger partial charge in [0.1, 0.15) is 0 Å². The third kappa shape index (κ3) is 8.40. The number of unbranched alkanes of at least 4 members (excludes halogenated alkanes) is 1. The van der Waals surface area contributed by atoms with Crippen molar-refractivity contribution in [3.05, 3.63) is 71.8 Å². The predicted octanol–water partition coefficient (Wildman–Crippen LogP) is 5.32. The normalized spacial score (nSPS) is 14.3. The van der Waals surface area contributed by atoms with Gasteiger partial charge >= 0.3 is 5.97 Å². The monoisotopic (exact) mass is 408 g/mol. The van der Waals surface area contributed by atoms with Crippen LogP contribution in [0, 0.1) is 0 Å². The summed E-state index contributed by atoms with van der Waals surface area (Å²) in [5, 5.41) is 8.86. The largest absolute Gasteiger partial charge is 0.481 e. The molecular weight excluding hydrogens is 382 g/mol. The van der Waals surface area contributed by atoms with Crippen molar-refractivity contribution in [1.82, 2.24) is 0 Å². The molecule has 2 nitrogen and oxygen atoms in total. The second-order valence-corrected chi connectivity index (χ2v) is 9.30. The fourth-order valence-electron chi connectivity index (χ4n) is 2.85. The molecule has 4 radical (unpaired) electrons. The highest BCUT2D eigenvalue weighted by Crippen LogP contribution is 2.41. The summed E-state index contributed by atoms with van der Waals surface area (Å²) in [7, 11) is 13.3. The first-order valence-electron chi connectivity index (χ1n) is 9.55. The summed E-state index contributed by atoms with van der Waals surface area (Å²) < 4.78 is -0.571. The van der Waals surface area contributed by atoms with Crippen LogP contribution in [0.5, 0.6) is 0 Å². The number of hydrogen-bond donors (Lipinski definition) is 1. The molecule has 0 spiro atoms. The molecule has 144 valence electrons. The highest BCUT2D eigenvalue weighted by molar-refractivity contribution is 8.01. The van der Waals surface area contributed by atoms with E-state index in [2.05, 4.69) is 24.3 Å². The molecule has 0 bridgehead atoms. The van der Waals surface area contributed by atoms with Crippen molar-refractivity contribution in [2.24, 2.45) is 0 Å². The molecule has 0 fully saturated rings. The summed E-state index contributed by atoms with van der Waals surface area (Å²) in [6, 6.07) is 20.6. The second kappa shape index (κ2) is 12.3. The van der Waals surface area contributed by atoms with Gasteiger partial charge in [0.2, 0.25) is 0 Å². The summed E-state index contributed by atoms with van der Waals surface area (Å²) in [5.74, 6) is 1.55. The third-order valence-corrected chi connectivity index (χ3v) is 7.25. The smallest absolute Gasteiger partial charge is 0.303 e. The molecule has 28 heavy (non-hydrogen) atoms. The number of benzene rings is 2. The van der Waals surface area contributed by atoms with E-state index in [-0.39, 0.29) is 12.2 Å². The second-order valence-electron chi connectivity index (χ2n) is 6.94. The van der Waals surface area contributed by atoms with E-state index in [1.165, 1.54) is 11.1 Å². The molecule has 6 heteroatoms. The summed E-state index contributed by atoms with van der Waals surface area (Å²) in [4.78, 5) is 10.8. The number of carboxylic acids is 1. The Morgan fingerprint density at radius 1 is 0.964 bits per heavy atom. The standard InChI is InChI=1S/C22H26B2O2S2/c23-20(17-27-15-18-9-3-1-4-10-18)22(24,14-8-7-13-21(25)26)28-16-19-11-5-2-6-12-19/h1-6,9-12,20H,7-8,13-17H2,(H,25,26). The molecule has 2 atom stereocenters. The van der Waals surface area contributed by atoms with Crippen LogP contribution in [0.15, 0.2) is 60.7 Å². The van der Waals surface area contributed by atoms with E-state index >= 15 is 0 Å². The van der Waals surface area contributed by atoms with Crippen molar-refractivity contribution in [3.63, 3.8) is 0 Å². The Morgan fingerprint density at radius 2 is 1.54 bits per heavy atom. The van der Waals surface area contributed by atoms with E-state index in [4.69, 9.17) is 20.8 Å². The van der Waals surface area contributed by atoms with Gasteiger partial charge in [0.25, 0.3) is 0 Å². The van der Waals surface area contributed by atoms with E-state index < -0.39 is 10.6 Å². The molecule has 0 aromatic heterocycles. The third-order valence-electron chi connectivity index (χ3n) is 4.60. The van der Waals surface area contributed by atoms with Crippen molar-refractivity contribution in [2.75, 3.05) is 5.75 Å². The first-order valence-corrected chi connectivity index (χ1v) is 11.7. The van der Waals surface area contributed by atoms with Crippen LogP contribution in [0.2, 0.25) is 5.82 Å². The molecule has 0 amide bonds. The molecule has 0 aliphatic carbocycles. The molecule has 0 aliphatic rings. The predicted molar refractivity (Wildman–Crippen MR) is 124 cm³/mol. The van der Waals surface area contributed by atoms with Crippen molar-refractivity contribution in [1.29, 1.82) is 0 Å². The van der Waals surface area contributed by atoms with Crippen molar-refractivity contribution < 1.29 is 9.90 Å². The Bertz CT molecular complexity index is 700. The van der Waals surface area contributed by atoms with Crippen molar-refractivity contribution in [3.8, 4) is 0 Å². The van der Waals surface area contributed by atoms with Crippen LogP contribution in [0.1, 0.15) is 36.8 Å². The topological polar surface area (TPSA) is 37.3 Å². The van der Waals surface area contributed by atoms with Crippen LogP contribution in [0.4, 0.5) is 0 Å². The van der Waals surface area contributed by atoms with E-state index in [1.807, 2.05) is 36.4 Å². The van der Waals surface area contributed by atoms with Gasteiger partial charge in [-0.1, -0.05) is 72.9 Å². The van der Waals surface area contributed by atoms with Crippen LogP contribution in [-0.4, -0.2) is 37.2 Å². The summed E-state index contributed by atoms with van der Waals surface area (Å²) in [6.07, 6.45) is 2.29. The fraction of sp³-hybridized carbons (Fsp3) is 0.409. The maximum atomic E-state index is 10.8. The zero-order chi connectivity index (χ0) is 20.2. The Morgan fingerprint density at radius 3 is 2.11 bits per heavy atom. The zero-order valence-electron chi connectivity index (χ0n) is 16.1. The minimum Gasteiger partial charge on any atom is -0.481 e. The van der Waals surface area contributed by atoms with Gasteiger partial charge in [0.15, 0.2) is 0 Å². The minimum absolute atomic E-state index is 0.167. The minimum atomic E-state index is -0.762. The van der Waals surface area contributed by atoms with Crippen molar-refractivity contribution in [2.45, 2.75) is 47.7 Å². The first-order chi connectivity index (χ1) is 13.5. The molecule has 0 saturated heterocycles. The average Bonchev–Trinajstić information content (AvgIpc) is 2.71. The molecule has 0 saturated carbocycles. The zero-order valence-corrected chi connectivity index (χ0v) is 17.8. The highest BCUT2D eigenvalue weighted by Gasteiger charge is 2.30. The van der Waals surface area contributed by atoms with Crippen LogP contribution in [-0.2, 0) is 16.3 Å². The molecule has 0 aliphatic heterocycles. The molecule has 2 aromatic carbocycles. The number of rotatable bonds is 13. The molecule has 2 rings (SSSR count). The molecule has 1 N–H and O–H groups in total. The van der Waals surface area contributed by atoms with Gasteiger partial charge in [0.05, 0.1) is 15.7 Å². The van der Waals surface area contributed by atoms with E-state index in [1.54, 1.807) is 23.5 Å². The van der Waals surface area contributed by atoms with Gasteiger partial charge in [-0.05, 0) is 34.4 Å². The SMILES string of the molecule is [B]C(CSCc1ccccc1)C([B])(CCCCC(=O)O)SCc1ccccc1. The Balaban J connectivity index is 1.91. The molecule has 0 heterocycles. The van der Waals surface area contributed by atoms with Gasteiger partial charge in [-0.3, -0.25) is 4.79 Å². The highest BCUT2D eigenvalue weighted by atomic mass is 32.2. The lowest BCUT2D eigenvalue weighted by Gasteiger charge is -2.37. The quantitative estimate of drug-likeness (QED) is 0.360. The van der Waals surface area contributed by atoms with Gasteiger partial charge in [-0.2, -0.15) is 23.5 Å². The van der Waals surface area contributed by atoms with E-state index in [0.29, 0.717) is 12.8 Å². The number of carbonyl (C=O) groups is 1. The van der Waals surface area contributed by atoms with Crippen molar-refractivity contribution >= 4 is 45.2 Å². The maximum Gasteiger partial charge on any atom is 0.303 e. The fourth-order valence-corrected chi connectivity index (χ4v) is 5.27. The Kier molecular flexibility index (Phi) is 10.1. The summed E-state index contributed by atoms with van der Waals surface area (Å²) in [5.41, 5.74) is 2.50. The first kappa shape index (κ1) is 23.0. The van der Waals surface area contributed by atoms with Gasteiger partial charge in [0, 0.05) is 17.9 Å². The maximum absolute atomic E-state index is 10.8.